The number of hydrogen-bond acceptors (Lipinski definition) is 2. The maximum atomic E-state index is 10.6. The lowest BCUT2D eigenvalue weighted by atomic mass is 10.1. The lowest BCUT2D eigenvalue weighted by Crippen LogP contribution is -2.25. The first-order valence-electron chi connectivity index (χ1n) is 5.03. The molecule has 0 heterocycles. The van der Waals surface area contributed by atoms with Gasteiger partial charge in [-0.3, -0.25) is 4.79 Å². The highest BCUT2D eigenvalue weighted by molar-refractivity contribution is 5.72. The molecular weight excluding hydrogens is 190 g/mol. The fraction of sp³-hybridized carbons (Fsp3) is 0.417. The highest BCUT2D eigenvalue weighted by atomic mass is 16.5. The SMILES string of the molecule is CC(=O)NCCOc1cc(C)cc(C)c1. The predicted octanol–water partition coefficient (Wildman–Crippen LogP) is 1.82. The Labute approximate surface area is 90.4 Å². The van der Waals surface area contributed by atoms with E-state index in [4.69, 9.17) is 4.74 Å². The molecule has 3 nitrogen and oxygen atoms in total. The molecule has 0 bridgehead atoms. The van der Waals surface area contributed by atoms with Crippen molar-refractivity contribution in [1.29, 1.82) is 0 Å². The summed E-state index contributed by atoms with van der Waals surface area (Å²) >= 11 is 0. The fourth-order valence-electron chi connectivity index (χ4n) is 1.41. The van der Waals surface area contributed by atoms with Crippen LogP contribution in [-0.2, 0) is 4.79 Å². The van der Waals surface area contributed by atoms with E-state index in [1.165, 1.54) is 18.1 Å². The number of nitrogens with one attached hydrogen (secondary N) is 1. The van der Waals surface area contributed by atoms with Crippen molar-refractivity contribution < 1.29 is 9.53 Å². The largest absolute Gasteiger partial charge is 0.492 e. The number of aryl methyl sites for hydroxylation is 2. The van der Waals surface area contributed by atoms with Gasteiger partial charge in [0.15, 0.2) is 0 Å². The normalized spacial score (nSPS) is 9.80. The van der Waals surface area contributed by atoms with E-state index in [-0.39, 0.29) is 5.91 Å². The van der Waals surface area contributed by atoms with Crippen molar-refractivity contribution >= 4 is 5.91 Å². The monoisotopic (exact) mass is 207 g/mol. The molecule has 0 atom stereocenters. The van der Waals surface area contributed by atoms with Crippen molar-refractivity contribution in [3.8, 4) is 5.75 Å². The number of benzene rings is 1. The molecule has 1 aromatic rings. The van der Waals surface area contributed by atoms with Crippen LogP contribution in [0.15, 0.2) is 18.2 Å². The molecule has 1 rings (SSSR count). The van der Waals surface area contributed by atoms with Crippen LogP contribution in [-0.4, -0.2) is 19.1 Å². The Morgan fingerprint density at radius 1 is 1.27 bits per heavy atom. The first-order chi connectivity index (χ1) is 7.08. The van der Waals surface area contributed by atoms with Gasteiger partial charge in [-0.2, -0.15) is 0 Å². The smallest absolute Gasteiger partial charge is 0.216 e. The number of rotatable bonds is 4. The summed E-state index contributed by atoms with van der Waals surface area (Å²) in [4.78, 5) is 10.6. The molecule has 82 valence electrons. The number of carbonyl (C=O) groups excluding carboxylic acids is 1. The Morgan fingerprint density at radius 2 is 1.87 bits per heavy atom. The lowest BCUT2D eigenvalue weighted by molar-refractivity contribution is -0.119. The summed E-state index contributed by atoms with van der Waals surface area (Å²) in [7, 11) is 0. The van der Waals surface area contributed by atoms with E-state index in [2.05, 4.69) is 11.4 Å². The van der Waals surface area contributed by atoms with Crippen LogP contribution >= 0.6 is 0 Å². The van der Waals surface area contributed by atoms with Gasteiger partial charge in [-0.05, 0) is 37.1 Å². The van der Waals surface area contributed by atoms with Crippen LogP contribution in [0.1, 0.15) is 18.1 Å². The maximum absolute atomic E-state index is 10.6. The first kappa shape index (κ1) is 11.6. The van der Waals surface area contributed by atoms with Crippen molar-refractivity contribution in [2.45, 2.75) is 20.8 Å². The molecule has 3 heteroatoms. The molecule has 0 aliphatic heterocycles. The third kappa shape index (κ3) is 4.49. The van der Waals surface area contributed by atoms with Crippen molar-refractivity contribution in [2.75, 3.05) is 13.2 Å². The van der Waals surface area contributed by atoms with Crippen LogP contribution in [0.4, 0.5) is 0 Å². The van der Waals surface area contributed by atoms with Crippen molar-refractivity contribution in [3.63, 3.8) is 0 Å². The van der Waals surface area contributed by atoms with Crippen LogP contribution in [0.5, 0.6) is 5.75 Å². The van der Waals surface area contributed by atoms with E-state index in [1.807, 2.05) is 26.0 Å². The average Bonchev–Trinajstić information content (AvgIpc) is 2.10. The maximum Gasteiger partial charge on any atom is 0.216 e. The van der Waals surface area contributed by atoms with E-state index in [9.17, 15) is 4.79 Å². The molecule has 15 heavy (non-hydrogen) atoms. The van der Waals surface area contributed by atoms with Crippen molar-refractivity contribution in [2.24, 2.45) is 0 Å². The Kier molecular flexibility index (Phi) is 4.16. The summed E-state index contributed by atoms with van der Waals surface area (Å²) in [6, 6.07) is 6.07. The van der Waals surface area contributed by atoms with Crippen molar-refractivity contribution in [1.82, 2.24) is 5.32 Å². The summed E-state index contributed by atoms with van der Waals surface area (Å²) in [5.74, 6) is 0.830. The molecule has 0 saturated carbocycles. The molecule has 0 unspecified atom stereocenters. The predicted molar refractivity (Wildman–Crippen MR) is 60.1 cm³/mol. The lowest BCUT2D eigenvalue weighted by Gasteiger charge is -2.08. The molecule has 0 aliphatic carbocycles. The van der Waals surface area contributed by atoms with Gasteiger partial charge in [0.05, 0.1) is 6.54 Å². The Hall–Kier alpha value is -1.51. The molecule has 1 aromatic carbocycles. The zero-order chi connectivity index (χ0) is 11.3. The van der Waals surface area contributed by atoms with Gasteiger partial charge in [0.2, 0.25) is 5.91 Å². The van der Waals surface area contributed by atoms with Gasteiger partial charge >= 0.3 is 0 Å². The second-order valence-electron chi connectivity index (χ2n) is 3.65. The topological polar surface area (TPSA) is 38.3 Å². The Balaban J connectivity index is 2.40. The van der Waals surface area contributed by atoms with Gasteiger partial charge in [-0.15, -0.1) is 0 Å². The molecule has 0 spiro atoms. The first-order valence-corrected chi connectivity index (χ1v) is 5.03. The van der Waals surface area contributed by atoms with Crippen LogP contribution in [0.2, 0.25) is 0 Å². The van der Waals surface area contributed by atoms with E-state index < -0.39 is 0 Å². The van der Waals surface area contributed by atoms with E-state index in [0.717, 1.165) is 5.75 Å². The third-order valence-electron chi connectivity index (χ3n) is 1.94. The Morgan fingerprint density at radius 3 is 2.40 bits per heavy atom. The van der Waals surface area contributed by atoms with Gasteiger partial charge in [0.25, 0.3) is 0 Å². The Bertz CT molecular complexity index is 327. The van der Waals surface area contributed by atoms with E-state index >= 15 is 0 Å². The van der Waals surface area contributed by atoms with E-state index in [0.29, 0.717) is 13.2 Å². The van der Waals surface area contributed by atoms with Gasteiger partial charge in [0.1, 0.15) is 12.4 Å². The third-order valence-corrected chi connectivity index (χ3v) is 1.94. The van der Waals surface area contributed by atoms with Gasteiger partial charge < -0.3 is 10.1 Å². The highest BCUT2D eigenvalue weighted by Gasteiger charge is 1.97. The van der Waals surface area contributed by atoms with Crippen molar-refractivity contribution in [3.05, 3.63) is 29.3 Å². The molecule has 0 aromatic heterocycles. The molecular formula is C12H17NO2. The fourth-order valence-corrected chi connectivity index (χ4v) is 1.41. The quantitative estimate of drug-likeness (QED) is 0.765. The summed E-state index contributed by atoms with van der Waals surface area (Å²) in [5.41, 5.74) is 2.37. The minimum Gasteiger partial charge on any atom is -0.492 e. The minimum absolute atomic E-state index is 0.0287. The summed E-state index contributed by atoms with van der Waals surface area (Å²) in [6.07, 6.45) is 0. The number of ether oxygens (including phenoxy) is 1. The summed E-state index contributed by atoms with van der Waals surface area (Å²) < 4.78 is 5.50. The minimum atomic E-state index is -0.0287. The van der Waals surface area contributed by atoms with Crippen LogP contribution < -0.4 is 10.1 Å². The zero-order valence-electron chi connectivity index (χ0n) is 9.46. The average molecular weight is 207 g/mol. The summed E-state index contributed by atoms with van der Waals surface area (Å²) in [6.45, 7) is 6.61. The highest BCUT2D eigenvalue weighted by Crippen LogP contribution is 2.15. The van der Waals surface area contributed by atoms with Crippen LogP contribution in [0.25, 0.3) is 0 Å². The van der Waals surface area contributed by atoms with Crippen LogP contribution in [0, 0.1) is 13.8 Å². The number of carbonyl (C=O) groups is 1. The van der Waals surface area contributed by atoms with Gasteiger partial charge in [-0.25, -0.2) is 0 Å². The standard InChI is InChI=1S/C12H17NO2/c1-9-6-10(2)8-12(7-9)15-5-4-13-11(3)14/h6-8H,4-5H2,1-3H3,(H,13,14). The summed E-state index contributed by atoms with van der Waals surface area (Å²) in [5, 5.41) is 2.68. The second-order valence-corrected chi connectivity index (χ2v) is 3.65. The van der Waals surface area contributed by atoms with Gasteiger partial charge in [-0.1, -0.05) is 6.07 Å². The molecule has 0 aliphatic rings. The number of hydrogen-bond donors (Lipinski definition) is 1. The molecule has 1 amide bonds. The molecule has 1 N–H and O–H groups in total. The molecule has 0 radical (unpaired) electrons. The van der Waals surface area contributed by atoms with Crippen LogP contribution in [0.3, 0.4) is 0 Å². The van der Waals surface area contributed by atoms with E-state index in [1.54, 1.807) is 0 Å². The molecule has 0 fully saturated rings. The zero-order valence-corrected chi connectivity index (χ0v) is 9.46. The second kappa shape index (κ2) is 5.39. The van der Waals surface area contributed by atoms with Gasteiger partial charge in [0, 0.05) is 6.92 Å². The number of amides is 1. The molecule has 0 saturated heterocycles.